The van der Waals surface area contributed by atoms with E-state index < -0.39 is 5.54 Å². The first-order valence-corrected chi connectivity index (χ1v) is 11.5. The van der Waals surface area contributed by atoms with Crippen LogP contribution in [0.2, 0.25) is 0 Å². The number of hydrogen-bond acceptors (Lipinski definition) is 4. The van der Waals surface area contributed by atoms with Gasteiger partial charge in [0.15, 0.2) is 5.13 Å². The van der Waals surface area contributed by atoms with E-state index in [0.717, 1.165) is 28.1 Å². The van der Waals surface area contributed by atoms with Gasteiger partial charge in [0.05, 0.1) is 11.2 Å². The molecule has 0 aliphatic carbocycles. The van der Waals surface area contributed by atoms with Crippen LogP contribution in [0.25, 0.3) is 11.3 Å². The molecule has 0 bridgehead atoms. The molecule has 0 aliphatic rings. The molecule has 4 rings (SSSR count). The van der Waals surface area contributed by atoms with Gasteiger partial charge in [-0.15, -0.1) is 11.3 Å². The zero-order valence-electron chi connectivity index (χ0n) is 18.3. The maximum absolute atomic E-state index is 13.1. The summed E-state index contributed by atoms with van der Waals surface area (Å²) in [6.45, 7) is 4.40. The Bertz CT molecular complexity index is 1160. The van der Waals surface area contributed by atoms with Crippen LogP contribution >= 0.6 is 11.3 Å². The van der Waals surface area contributed by atoms with Crippen molar-refractivity contribution in [3.05, 3.63) is 107 Å². The minimum atomic E-state index is -0.742. The summed E-state index contributed by atoms with van der Waals surface area (Å²) >= 11 is 1.54. The van der Waals surface area contributed by atoms with Crippen molar-refractivity contribution in [1.29, 1.82) is 0 Å². The van der Waals surface area contributed by atoms with Crippen LogP contribution in [-0.4, -0.2) is 16.4 Å². The van der Waals surface area contributed by atoms with Crippen LogP contribution in [-0.2, 0) is 17.8 Å². The third-order valence-corrected chi connectivity index (χ3v) is 6.29. The van der Waals surface area contributed by atoms with Crippen molar-refractivity contribution in [3.63, 3.8) is 0 Å². The van der Waals surface area contributed by atoms with E-state index in [-0.39, 0.29) is 5.91 Å². The summed E-state index contributed by atoms with van der Waals surface area (Å²) in [5.41, 5.74) is 3.59. The first kappa shape index (κ1) is 21.9. The summed E-state index contributed by atoms with van der Waals surface area (Å²) in [6, 6.07) is 30.5. The number of benzene rings is 3. The highest BCUT2D eigenvalue weighted by Gasteiger charge is 2.28. The number of carbonyl (C=O) groups is 1. The topological polar surface area (TPSA) is 54.0 Å². The fraction of sp³-hybridized carbons (Fsp3) is 0.185. The lowest BCUT2D eigenvalue weighted by Gasteiger charge is -2.24. The molecule has 0 unspecified atom stereocenters. The Morgan fingerprint density at radius 1 is 0.844 bits per heavy atom. The Labute approximate surface area is 193 Å². The summed E-state index contributed by atoms with van der Waals surface area (Å²) in [7, 11) is 0. The van der Waals surface area contributed by atoms with Gasteiger partial charge in [0.1, 0.15) is 0 Å². The maximum Gasteiger partial charge on any atom is 0.245 e. The van der Waals surface area contributed by atoms with E-state index in [2.05, 4.69) is 34.9 Å². The Kier molecular flexibility index (Phi) is 6.78. The highest BCUT2D eigenvalue weighted by atomic mass is 32.1. The second-order valence-electron chi connectivity index (χ2n) is 8.24. The Morgan fingerprint density at radius 3 is 2.03 bits per heavy atom. The molecule has 32 heavy (non-hydrogen) atoms. The zero-order valence-corrected chi connectivity index (χ0v) is 19.2. The normalized spacial score (nSPS) is 11.3. The van der Waals surface area contributed by atoms with Gasteiger partial charge in [-0.25, -0.2) is 4.98 Å². The number of rotatable bonds is 8. The monoisotopic (exact) mass is 441 g/mol. The summed E-state index contributed by atoms with van der Waals surface area (Å²) in [6.07, 6.45) is 0.772. The third-order valence-electron chi connectivity index (χ3n) is 5.32. The van der Waals surface area contributed by atoms with E-state index in [4.69, 9.17) is 4.98 Å². The molecule has 0 saturated heterocycles. The van der Waals surface area contributed by atoms with Gasteiger partial charge < -0.3 is 5.32 Å². The molecule has 4 nitrogen and oxygen atoms in total. The van der Waals surface area contributed by atoms with E-state index in [0.29, 0.717) is 11.7 Å². The molecule has 0 aliphatic heterocycles. The lowest BCUT2D eigenvalue weighted by atomic mass is 10.0. The van der Waals surface area contributed by atoms with Crippen LogP contribution in [0.4, 0.5) is 5.13 Å². The number of aromatic nitrogens is 1. The Morgan fingerprint density at radius 2 is 1.41 bits per heavy atom. The molecule has 1 amide bonds. The molecule has 5 heteroatoms. The lowest BCUT2D eigenvalue weighted by molar-refractivity contribution is -0.121. The number of nitrogens with one attached hydrogen (secondary N) is 2. The van der Waals surface area contributed by atoms with Gasteiger partial charge >= 0.3 is 0 Å². The maximum atomic E-state index is 13.1. The molecule has 1 aromatic heterocycles. The predicted octanol–water partition coefficient (Wildman–Crippen LogP) is 5.91. The van der Waals surface area contributed by atoms with Gasteiger partial charge in [-0.1, -0.05) is 91.0 Å². The molecule has 0 atom stereocenters. The molecule has 4 aromatic rings. The molecule has 0 saturated carbocycles. The summed E-state index contributed by atoms with van der Waals surface area (Å²) < 4.78 is 0. The Balaban J connectivity index is 1.53. The number of thiazole rings is 1. The van der Waals surface area contributed by atoms with Crippen LogP contribution in [0, 0.1) is 0 Å². The van der Waals surface area contributed by atoms with Crippen molar-refractivity contribution in [2.24, 2.45) is 0 Å². The van der Waals surface area contributed by atoms with Crippen LogP contribution in [0.3, 0.4) is 0 Å². The number of hydrogen-bond donors (Lipinski definition) is 2. The van der Waals surface area contributed by atoms with Crippen molar-refractivity contribution >= 4 is 22.4 Å². The second kappa shape index (κ2) is 9.90. The number of amides is 1. The van der Waals surface area contributed by atoms with Crippen molar-refractivity contribution < 1.29 is 4.79 Å². The van der Waals surface area contributed by atoms with Crippen LogP contribution in [0.5, 0.6) is 0 Å². The van der Waals surface area contributed by atoms with Crippen molar-refractivity contribution in [2.75, 3.05) is 5.32 Å². The standard InChI is InChI=1S/C27H27N3OS/c1-27(2,28-19-21-14-8-4-9-15-21)25(31)30-26-29-24(22-16-10-5-11-17-22)23(32-26)18-20-12-6-3-7-13-20/h3-17,28H,18-19H2,1-2H3,(H,29,30,31). The van der Waals surface area contributed by atoms with Gasteiger partial charge in [0.2, 0.25) is 5.91 Å². The molecule has 0 fully saturated rings. The van der Waals surface area contributed by atoms with Crippen LogP contribution < -0.4 is 10.6 Å². The van der Waals surface area contributed by atoms with Gasteiger partial charge in [-0.2, -0.15) is 0 Å². The van der Waals surface area contributed by atoms with E-state index in [1.54, 1.807) is 0 Å². The summed E-state index contributed by atoms with van der Waals surface area (Å²) in [4.78, 5) is 19.0. The predicted molar refractivity (Wildman–Crippen MR) is 133 cm³/mol. The summed E-state index contributed by atoms with van der Waals surface area (Å²) in [5.74, 6) is -0.104. The highest BCUT2D eigenvalue weighted by molar-refractivity contribution is 7.16. The second-order valence-corrected chi connectivity index (χ2v) is 9.32. The molecule has 0 spiro atoms. The smallest absolute Gasteiger partial charge is 0.245 e. The molecule has 3 aromatic carbocycles. The molecular weight excluding hydrogens is 414 g/mol. The van der Waals surface area contributed by atoms with Crippen molar-refractivity contribution in [1.82, 2.24) is 10.3 Å². The van der Waals surface area contributed by atoms with Gasteiger partial charge in [0, 0.05) is 23.4 Å². The molecule has 0 radical (unpaired) electrons. The fourth-order valence-electron chi connectivity index (χ4n) is 3.38. The average molecular weight is 442 g/mol. The van der Waals surface area contributed by atoms with E-state index in [9.17, 15) is 4.79 Å². The van der Waals surface area contributed by atoms with E-state index in [1.807, 2.05) is 80.6 Å². The number of anilines is 1. The molecular formula is C27H27N3OS. The minimum Gasteiger partial charge on any atom is -0.300 e. The minimum absolute atomic E-state index is 0.104. The number of carbonyl (C=O) groups excluding carboxylic acids is 1. The highest BCUT2D eigenvalue weighted by Crippen LogP contribution is 2.33. The first-order chi connectivity index (χ1) is 15.5. The van der Waals surface area contributed by atoms with E-state index in [1.165, 1.54) is 16.9 Å². The van der Waals surface area contributed by atoms with Crippen LogP contribution in [0.15, 0.2) is 91.0 Å². The third kappa shape index (κ3) is 5.49. The zero-order chi connectivity index (χ0) is 22.4. The quantitative estimate of drug-likeness (QED) is 0.357. The van der Waals surface area contributed by atoms with Crippen molar-refractivity contribution in [3.8, 4) is 11.3 Å². The SMILES string of the molecule is CC(C)(NCc1ccccc1)C(=O)Nc1nc(-c2ccccc2)c(Cc2ccccc2)s1. The van der Waals surface area contributed by atoms with Gasteiger partial charge in [-0.3, -0.25) is 10.1 Å². The lowest BCUT2D eigenvalue weighted by Crippen LogP contribution is -2.49. The first-order valence-electron chi connectivity index (χ1n) is 10.7. The Hall–Kier alpha value is -3.28. The largest absolute Gasteiger partial charge is 0.300 e. The van der Waals surface area contributed by atoms with Gasteiger partial charge in [0.25, 0.3) is 0 Å². The molecule has 1 heterocycles. The van der Waals surface area contributed by atoms with Crippen LogP contribution in [0.1, 0.15) is 29.9 Å². The summed E-state index contributed by atoms with van der Waals surface area (Å²) in [5, 5.41) is 7.01. The average Bonchev–Trinajstić information content (AvgIpc) is 3.21. The van der Waals surface area contributed by atoms with Crippen molar-refractivity contribution in [2.45, 2.75) is 32.4 Å². The van der Waals surface area contributed by atoms with E-state index >= 15 is 0 Å². The fourth-order valence-corrected chi connectivity index (χ4v) is 4.39. The number of nitrogens with zero attached hydrogens (tertiary/aromatic N) is 1. The molecule has 2 N–H and O–H groups in total. The molecule has 162 valence electrons. The van der Waals surface area contributed by atoms with Gasteiger partial charge in [-0.05, 0) is 25.0 Å².